The summed E-state index contributed by atoms with van der Waals surface area (Å²) in [5.74, 6) is 0.817. The van der Waals surface area contributed by atoms with E-state index in [9.17, 15) is 0 Å². The third-order valence-electron chi connectivity index (χ3n) is 3.28. The number of hydrogen-bond donors (Lipinski definition) is 0. The van der Waals surface area contributed by atoms with E-state index in [-0.39, 0.29) is 0 Å². The van der Waals surface area contributed by atoms with E-state index >= 15 is 0 Å². The molecule has 16 heavy (non-hydrogen) atoms. The zero-order valence-electron chi connectivity index (χ0n) is 9.37. The first-order valence-electron chi connectivity index (χ1n) is 5.67. The number of rotatable bonds is 2. The fraction of sp³-hybridized carbons (Fsp3) is 0.583. The van der Waals surface area contributed by atoms with Gasteiger partial charge in [-0.15, -0.1) is 0 Å². The number of nitrogens with zero attached hydrogens (tertiary/aromatic N) is 2. The van der Waals surface area contributed by atoms with Crippen molar-refractivity contribution in [3.05, 3.63) is 22.9 Å². The maximum Gasteiger partial charge on any atom is 0.0592 e. The third kappa shape index (κ3) is 2.77. The highest BCUT2D eigenvalue weighted by Gasteiger charge is 2.23. The van der Waals surface area contributed by atoms with E-state index in [2.05, 4.69) is 54.7 Å². The lowest BCUT2D eigenvalue weighted by Crippen LogP contribution is -2.36. The Bertz CT molecular complexity index is 347. The molecule has 1 fully saturated rings. The highest BCUT2D eigenvalue weighted by molar-refractivity contribution is 9.10. The van der Waals surface area contributed by atoms with Crippen LogP contribution in [0.5, 0.6) is 0 Å². The van der Waals surface area contributed by atoms with Crippen LogP contribution in [0.25, 0.3) is 0 Å². The summed E-state index contributed by atoms with van der Waals surface area (Å²) in [6.07, 6.45) is 6.26. The van der Waals surface area contributed by atoms with Gasteiger partial charge in [0.2, 0.25) is 0 Å². The van der Waals surface area contributed by atoms with Gasteiger partial charge < -0.3 is 4.90 Å². The maximum atomic E-state index is 4.10. The smallest absolute Gasteiger partial charge is 0.0592 e. The molecule has 1 saturated heterocycles. The summed E-state index contributed by atoms with van der Waals surface area (Å²) in [6, 6.07) is 2.09. The fourth-order valence-corrected chi connectivity index (χ4v) is 3.25. The van der Waals surface area contributed by atoms with Crippen molar-refractivity contribution < 1.29 is 0 Å². The molecule has 0 bridgehead atoms. The molecular weight excluding hydrogens is 332 g/mol. The molecule has 0 saturated carbocycles. The van der Waals surface area contributed by atoms with Gasteiger partial charge in [-0.2, -0.15) is 0 Å². The number of aromatic nitrogens is 1. The van der Waals surface area contributed by atoms with Crippen molar-refractivity contribution >= 4 is 37.5 Å². The van der Waals surface area contributed by atoms with Gasteiger partial charge in [-0.3, -0.25) is 4.98 Å². The number of pyridine rings is 1. The molecule has 4 heteroatoms. The van der Waals surface area contributed by atoms with Crippen LogP contribution >= 0.6 is 31.9 Å². The van der Waals surface area contributed by atoms with Crippen molar-refractivity contribution in [2.24, 2.45) is 5.92 Å². The SMILES string of the molecule is CC(Br)C1CCN(c2ccncc2Br)CC1. The van der Waals surface area contributed by atoms with Crippen LogP contribution in [0.4, 0.5) is 5.69 Å². The second-order valence-electron chi connectivity index (χ2n) is 4.33. The van der Waals surface area contributed by atoms with Crippen LogP contribution in [0.3, 0.4) is 0 Å². The molecule has 1 aromatic heterocycles. The molecule has 0 radical (unpaired) electrons. The summed E-state index contributed by atoms with van der Waals surface area (Å²) in [5, 5.41) is 0. The van der Waals surface area contributed by atoms with E-state index in [0.717, 1.165) is 23.5 Å². The van der Waals surface area contributed by atoms with Gasteiger partial charge in [-0.05, 0) is 40.8 Å². The summed E-state index contributed by atoms with van der Waals surface area (Å²) < 4.78 is 1.10. The second-order valence-corrected chi connectivity index (χ2v) is 6.63. The number of anilines is 1. The normalized spacial score (nSPS) is 19.8. The Kier molecular flexibility index (Phi) is 4.25. The molecule has 2 rings (SSSR count). The summed E-state index contributed by atoms with van der Waals surface area (Å²) in [4.78, 5) is 7.18. The zero-order chi connectivity index (χ0) is 11.5. The molecule has 0 N–H and O–H groups in total. The first kappa shape index (κ1) is 12.4. The summed E-state index contributed by atoms with van der Waals surface area (Å²) in [7, 11) is 0. The highest BCUT2D eigenvalue weighted by Crippen LogP contribution is 2.31. The van der Waals surface area contributed by atoms with Gasteiger partial charge in [-0.25, -0.2) is 0 Å². The molecule has 2 nitrogen and oxygen atoms in total. The quantitative estimate of drug-likeness (QED) is 0.755. The van der Waals surface area contributed by atoms with Crippen LogP contribution in [-0.2, 0) is 0 Å². The predicted octanol–water partition coefficient (Wildman–Crippen LogP) is 3.84. The lowest BCUT2D eigenvalue weighted by atomic mass is 9.94. The number of alkyl halides is 1. The van der Waals surface area contributed by atoms with Crippen molar-refractivity contribution in [1.29, 1.82) is 0 Å². The van der Waals surface area contributed by atoms with Gasteiger partial charge in [0.15, 0.2) is 0 Å². The Balaban J connectivity index is 2.02. The minimum absolute atomic E-state index is 0.635. The zero-order valence-corrected chi connectivity index (χ0v) is 12.5. The molecule has 1 aromatic rings. The van der Waals surface area contributed by atoms with Gasteiger partial charge in [-0.1, -0.05) is 22.9 Å². The molecule has 1 aliphatic rings. The van der Waals surface area contributed by atoms with Crippen LogP contribution in [-0.4, -0.2) is 22.9 Å². The number of halogens is 2. The van der Waals surface area contributed by atoms with Crippen molar-refractivity contribution in [2.45, 2.75) is 24.6 Å². The fourth-order valence-electron chi connectivity index (χ4n) is 2.22. The van der Waals surface area contributed by atoms with Gasteiger partial charge in [0.25, 0.3) is 0 Å². The van der Waals surface area contributed by atoms with E-state index in [1.807, 2.05) is 12.4 Å². The van der Waals surface area contributed by atoms with Crippen molar-refractivity contribution in [1.82, 2.24) is 4.98 Å². The average molecular weight is 348 g/mol. The molecule has 1 unspecified atom stereocenters. The van der Waals surface area contributed by atoms with E-state index in [0.29, 0.717) is 4.83 Å². The Morgan fingerprint density at radius 2 is 2.12 bits per heavy atom. The molecule has 0 spiro atoms. The Labute approximate surface area is 114 Å². The van der Waals surface area contributed by atoms with Crippen LogP contribution in [0, 0.1) is 5.92 Å². The summed E-state index contributed by atoms with van der Waals surface area (Å²) >= 11 is 7.25. The van der Waals surface area contributed by atoms with Gasteiger partial charge >= 0.3 is 0 Å². The Morgan fingerprint density at radius 1 is 1.44 bits per heavy atom. The minimum Gasteiger partial charge on any atom is -0.371 e. The topological polar surface area (TPSA) is 16.1 Å². The highest BCUT2D eigenvalue weighted by atomic mass is 79.9. The maximum absolute atomic E-state index is 4.10. The molecule has 1 aliphatic heterocycles. The molecule has 1 atom stereocenters. The first-order chi connectivity index (χ1) is 7.68. The average Bonchev–Trinajstić information content (AvgIpc) is 2.30. The van der Waals surface area contributed by atoms with Gasteiger partial charge in [0.1, 0.15) is 0 Å². The van der Waals surface area contributed by atoms with E-state index in [1.54, 1.807) is 0 Å². The minimum atomic E-state index is 0.635. The molecule has 0 aromatic carbocycles. The third-order valence-corrected chi connectivity index (χ3v) is 4.64. The Morgan fingerprint density at radius 3 is 2.69 bits per heavy atom. The summed E-state index contributed by atoms with van der Waals surface area (Å²) in [5.41, 5.74) is 1.27. The largest absolute Gasteiger partial charge is 0.371 e. The van der Waals surface area contributed by atoms with Crippen molar-refractivity contribution in [3.63, 3.8) is 0 Å². The van der Waals surface area contributed by atoms with Gasteiger partial charge in [0.05, 0.1) is 10.2 Å². The van der Waals surface area contributed by atoms with E-state index < -0.39 is 0 Å². The molecule has 0 aliphatic carbocycles. The first-order valence-corrected chi connectivity index (χ1v) is 7.38. The van der Waals surface area contributed by atoms with Crippen molar-refractivity contribution in [3.8, 4) is 0 Å². The molecule has 88 valence electrons. The number of hydrogen-bond acceptors (Lipinski definition) is 2. The predicted molar refractivity (Wildman–Crippen MR) is 75.3 cm³/mol. The van der Waals surface area contributed by atoms with Gasteiger partial charge in [0, 0.05) is 30.3 Å². The summed E-state index contributed by atoms with van der Waals surface area (Å²) in [6.45, 7) is 4.54. The van der Waals surface area contributed by atoms with Crippen LogP contribution in [0.1, 0.15) is 19.8 Å². The number of piperidine rings is 1. The lowest BCUT2D eigenvalue weighted by Gasteiger charge is -2.35. The molecule has 0 amide bonds. The standard InChI is InChI=1S/C12H16Br2N2/c1-9(13)10-3-6-16(7-4-10)12-2-5-15-8-11(12)14/h2,5,8-10H,3-4,6-7H2,1H3. The molecular formula is C12H16Br2N2. The van der Waals surface area contributed by atoms with Crippen LogP contribution < -0.4 is 4.90 Å². The molecule has 2 heterocycles. The second kappa shape index (κ2) is 5.50. The Hall–Kier alpha value is -0.0900. The van der Waals surface area contributed by atoms with E-state index in [4.69, 9.17) is 0 Å². The van der Waals surface area contributed by atoms with Crippen LogP contribution in [0.2, 0.25) is 0 Å². The van der Waals surface area contributed by atoms with E-state index in [1.165, 1.54) is 18.5 Å². The monoisotopic (exact) mass is 346 g/mol. The van der Waals surface area contributed by atoms with Crippen LogP contribution in [0.15, 0.2) is 22.9 Å². The van der Waals surface area contributed by atoms with Crippen molar-refractivity contribution in [2.75, 3.05) is 18.0 Å². The lowest BCUT2D eigenvalue weighted by molar-refractivity contribution is 0.407.